The van der Waals surface area contributed by atoms with Crippen molar-refractivity contribution >= 4 is 5.91 Å². The second-order valence-electron chi connectivity index (χ2n) is 12.7. The fourth-order valence-corrected chi connectivity index (χ4v) is 5.46. The second-order valence-corrected chi connectivity index (χ2v) is 12.7. The minimum absolute atomic E-state index is 0.0774. The summed E-state index contributed by atoms with van der Waals surface area (Å²) in [5.74, 6) is -0.0774. The number of hydrogen-bond acceptors (Lipinski definition) is 3. The lowest BCUT2D eigenvalue weighted by Gasteiger charge is -2.20. The number of aliphatic hydroxyl groups is 2. The van der Waals surface area contributed by atoms with Crippen LogP contribution in [0.15, 0.2) is 36.5 Å². The first kappa shape index (κ1) is 41.6. The summed E-state index contributed by atoms with van der Waals surface area (Å²) in [6, 6.07) is -0.626. The van der Waals surface area contributed by atoms with Crippen LogP contribution in [0.1, 0.15) is 187 Å². The predicted octanol–water partition coefficient (Wildman–Crippen LogP) is 11.1. The van der Waals surface area contributed by atoms with Gasteiger partial charge in [0.05, 0.1) is 18.8 Å². The third kappa shape index (κ3) is 31.8. The molecule has 0 aliphatic heterocycles. The molecule has 0 heterocycles. The van der Waals surface area contributed by atoms with E-state index in [9.17, 15) is 15.0 Å². The first-order valence-corrected chi connectivity index (χ1v) is 18.7. The van der Waals surface area contributed by atoms with Gasteiger partial charge in [-0.25, -0.2) is 0 Å². The molecule has 0 aromatic heterocycles. The highest BCUT2D eigenvalue weighted by atomic mass is 16.3. The number of carbonyl (C=O) groups is 1. The summed E-state index contributed by atoms with van der Waals surface area (Å²) in [4.78, 5) is 12.3. The summed E-state index contributed by atoms with van der Waals surface area (Å²) in [7, 11) is 0. The van der Waals surface area contributed by atoms with E-state index in [0.717, 1.165) is 38.5 Å². The van der Waals surface area contributed by atoms with Gasteiger partial charge in [-0.15, -0.1) is 0 Å². The number of unbranched alkanes of at least 4 members (excludes halogenated alkanes) is 23. The van der Waals surface area contributed by atoms with Gasteiger partial charge in [0.2, 0.25) is 5.91 Å². The van der Waals surface area contributed by atoms with E-state index < -0.39 is 12.1 Å². The lowest BCUT2D eigenvalue weighted by atomic mass is 10.0. The van der Waals surface area contributed by atoms with Crippen LogP contribution in [0.4, 0.5) is 0 Å². The van der Waals surface area contributed by atoms with Crippen molar-refractivity contribution in [2.75, 3.05) is 6.61 Å². The van der Waals surface area contributed by atoms with E-state index in [2.05, 4.69) is 43.5 Å². The highest BCUT2D eigenvalue weighted by Gasteiger charge is 2.17. The van der Waals surface area contributed by atoms with Crippen LogP contribution in [0.3, 0.4) is 0 Å². The van der Waals surface area contributed by atoms with E-state index in [1.807, 2.05) is 6.08 Å². The largest absolute Gasteiger partial charge is 0.394 e. The van der Waals surface area contributed by atoms with Gasteiger partial charge in [0.1, 0.15) is 0 Å². The topological polar surface area (TPSA) is 69.6 Å². The van der Waals surface area contributed by atoms with Crippen LogP contribution in [0.25, 0.3) is 0 Å². The van der Waals surface area contributed by atoms with Crippen LogP contribution >= 0.6 is 0 Å². The fraction of sp³-hybridized carbons (Fsp3) is 0.821. The van der Waals surface area contributed by atoms with E-state index in [1.165, 1.54) is 128 Å². The fourth-order valence-electron chi connectivity index (χ4n) is 5.46. The standard InChI is InChI=1S/C39H73NO3/c1-3-5-7-9-11-13-15-17-19-21-22-24-26-28-30-32-34-38(42)37(36-41)40-39(43)35-33-31-29-27-25-23-20-18-16-14-12-10-8-6-4-2/h12,14,16,18,32,34,37-38,41-42H,3-11,13,15,17,19-31,33,35-36H2,1-2H3,(H,40,43)/b14-12-,18-16-,34-32+. The Hall–Kier alpha value is -1.39. The Morgan fingerprint density at radius 3 is 1.40 bits per heavy atom. The number of rotatable bonds is 33. The zero-order chi connectivity index (χ0) is 31.5. The lowest BCUT2D eigenvalue weighted by Crippen LogP contribution is -2.45. The molecule has 3 N–H and O–H groups in total. The Bertz CT molecular complexity index is 657. The van der Waals surface area contributed by atoms with Crippen molar-refractivity contribution in [2.24, 2.45) is 0 Å². The van der Waals surface area contributed by atoms with Gasteiger partial charge in [0, 0.05) is 6.42 Å². The summed E-state index contributed by atoms with van der Waals surface area (Å²) in [5.41, 5.74) is 0. The Balaban J connectivity index is 3.65. The SMILES string of the molecule is CCCCC/C=C\C=C/CCCCCCCCC(=O)NC(CO)C(O)/C=C/CCCCCCCCCCCCCCCC. The maximum atomic E-state index is 12.3. The van der Waals surface area contributed by atoms with E-state index in [0.29, 0.717) is 6.42 Å². The van der Waals surface area contributed by atoms with Crippen molar-refractivity contribution in [3.63, 3.8) is 0 Å². The third-order valence-corrected chi connectivity index (χ3v) is 8.40. The summed E-state index contributed by atoms with van der Waals surface area (Å²) >= 11 is 0. The van der Waals surface area contributed by atoms with Gasteiger partial charge in [-0.05, 0) is 44.9 Å². The number of hydrogen-bond donors (Lipinski definition) is 3. The van der Waals surface area contributed by atoms with Crippen LogP contribution in [0.2, 0.25) is 0 Å². The van der Waals surface area contributed by atoms with Gasteiger partial charge < -0.3 is 15.5 Å². The molecule has 0 saturated heterocycles. The Labute approximate surface area is 268 Å². The molecule has 0 bridgehead atoms. The quantitative estimate of drug-likeness (QED) is 0.0397. The van der Waals surface area contributed by atoms with Crippen molar-refractivity contribution in [1.82, 2.24) is 5.32 Å². The molecule has 0 fully saturated rings. The van der Waals surface area contributed by atoms with Crippen molar-refractivity contribution < 1.29 is 15.0 Å². The van der Waals surface area contributed by atoms with Gasteiger partial charge in [-0.1, -0.05) is 172 Å². The van der Waals surface area contributed by atoms with Crippen LogP contribution in [-0.4, -0.2) is 34.9 Å². The average molecular weight is 604 g/mol. The molecule has 0 aliphatic carbocycles. The Morgan fingerprint density at radius 1 is 0.558 bits per heavy atom. The van der Waals surface area contributed by atoms with Crippen molar-refractivity contribution in [3.05, 3.63) is 36.5 Å². The first-order chi connectivity index (χ1) is 21.2. The molecule has 252 valence electrons. The molecule has 0 rings (SSSR count). The number of carbonyl (C=O) groups excluding carboxylic acids is 1. The highest BCUT2D eigenvalue weighted by Crippen LogP contribution is 2.14. The van der Waals surface area contributed by atoms with Crippen LogP contribution < -0.4 is 5.32 Å². The summed E-state index contributed by atoms with van der Waals surface area (Å²) in [6.07, 6.45) is 45.1. The number of allylic oxidation sites excluding steroid dienone is 5. The summed E-state index contributed by atoms with van der Waals surface area (Å²) in [5, 5.41) is 22.9. The molecular weight excluding hydrogens is 530 g/mol. The van der Waals surface area contributed by atoms with E-state index >= 15 is 0 Å². The van der Waals surface area contributed by atoms with Gasteiger partial charge in [-0.2, -0.15) is 0 Å². The van der Waals surface area contributed by atoms with Crippen molar-refractivity contribution in [2.45, 2.75) is 199 Å². The summed E-state index contributed by atoms with van der Waals surface area (Å²) in [6.45, 7) is 4.26. The molecule has 0 radical (unpaired) electrons. The van der Waals surface area contributed by atoms with E-state index in [1.54, 1.807) is 6.08 Å². The first-order valence-electron chi connectivity index (χ1n) is 18.7. The van der Waals surface area contributed by atoms with Gasteiger partial charge in [0.15, 0.2) is 0 Å². The number of aliphatic hydroxyl groups excluding tert-OH is 2. The van der Waals surface area contributed by atoms with E-state index in [4.69, 9.17) is 0 Å². The lowest BCUT2D eigenvalue weighted by molar-refractivity contribution is -0.123. The van der Waals surface area contributed by atoms with Crippen molar-refractivity contribution in [3.8, 4) is 0 Å². The molecule has 4 nitrogen and oxygen atoms in total. The van der Waals surface area contributed by atoms with Gasteiger partial charge >= 0.3 is 0 Å². The molecule has 0 spiro atoms. The minimum atomic E-state index is -0.841. The third-order valence-electron chi connectivity index (χ3n) is 8.40. The monoisotopic (exact) mass is 604 g/mol. The molecule has 2 atom stereocenters. The maximum absolute atomic E-state index is 12.3. The zero-order valence-electron chi connectivity index (χ0n) is 28.7. The summed E-state index contributed by atoms with van der Waals surface area (Å²) < 4.78 is 0. The van der Waals surface area contributed by atoms with Gasteiger partial charge in [-0.3, -0.25) is 4.79 Å². The molecule has 0 aromatic carbocycles. The van der Waals surface area contributed by atoms with Crippen LogP contribution in [0, 0.1) is 0 Å². The molecule has 0 saturated carbocycles. The van der Waals surface area contributed by atoms with Crippen LogP contribution in [-0.2, 0) is 4.79 Å². The molecule has 43 heavy (non-hydrogen) atoms. The number of amides is 1. The predicted molar refractivity (Wildman–Crippen MR) is 188 cm³/mol. The molecule has 4 heteroatoms. The van der Waals surface area contributed by atoms with Crippen molar-refractivity contribution in [1.29, 1.82) is 0 Å². The molecule has 0 aliphatic rings. The van der Waals surface area contributed by atoms with Gasteiger partial charge in [0.25, 0.3) is 0 Å². The molecule has 2 unspecified atom stereocenters. The second kappa shape index (κ2) is 35.1. The number of nitrogens with one attached hydrogen (secondary N) is 1. The maximum Gasteiger partial charge on any atom is 0.220 e. The smallest absolute Gasteiger partial charge is 0.220 e. The van der Waals surface area contributed by atoms with Crippen LogP contribution in [0.5, 0.6) is 0 Å². The zero-order valence-corrected chi connectivity index (χ0v) is 28.7. The average Bonchev–Trinajstić information content (AvgIpc) is 3.01. The normalized spacial score (nSPS) is 13.5. The molecular formula is C39H73NO3. The van der Waals surface area contributed by atoms with E-state index in [-0.39, 0.29) is 12.5 Å². The Kier molecular flexibility index (Phi) is 34.0. The molecule has 0 aromatic rings. The Morgan fingerprint density at radius 2 is 0.930 bits per heavy atom. The molecule has 1 amide bonds. The minimum Gasteiger partial charge on any atom is -0.394 e. The highest BCUT2D eigenvalue weighted by molar-refractivity contribution is 5.76.